The lowest BCUT2D eigenvalue weighted by Crippen LogP contribution is -2.30. The zero-order valence-corrected chi connectivity index (χ0v) is 27.3. The molecule has 12 heteroatoms. The number of anilines is 2. The fourth-order valence-electron chi connectivity index (χ4n) is 4.37. The molecule has 1 unspecified atom stereocenters. The summed E-state index contributed by atoms with van der Waals surface area (Å²) in [6.45, 7) is 1.86. The largest absolute Gasteiger partial charge is 0.493 e. The van der Waals surface area contributed by atoms with E-state index in [2.05, 4.69) is 16.0 Å². The number of nitrogens with one attached hydrogen (secondary N) is 3. The highest BCUT2D eigenvalue weighted by molar-refractivity contribution is 8.00. The molecule has 0 aromatic heterocycles. The van der Waals surface area contributed by atoms with Crippen LogP contribution < -0.4 is 25.4 Å². The number of benzene rings is 4. The molecule has 0 bridgehead atoms. The number of thioether (sulfide) groups is 1. The molecule has 0 saturated heterocycles. The van der Waals surface area contributed by atoms with Gasteiger partial charge in [-0.05, 0) is 78.7 Å². The monoisotopic (exact) mass is 673 g/mol. The van der Waals surface area contributed by atoms with Crippen molar-refractivity contribution < 1.29 is 33.8 Å². The second-order valence-corrected chi connectivity index (χ2v) is 11.7. The highest BCUT2D eigenvalue weighted by Crippen LogP contribution is 2.30. The maximum atomic E-state index is 13.6. The number of hydrogen-bond donors (Lipinski definition) is 4. The summed E-state index contributed by atoms with van der Waals surface area (Å²) < 4.78 is 10.7. The third kappa shape index (κ3) is 9.38. The minimum Gasteiger partial charge on any atom is -0.493 e. The Bertz CT molecular complexity index is 1810. The van der Waals surface area contributed by atoms with Crippen LogP contribution in [0.25, 0.3) is 6.08 Å². The fraction of sp³-hybridized carbons (Fsp3) is 0.143. The number of halogens is 1. The summed E-state index contributed by atoms with van der Waals surface area (Å²) in [6, 6.07) is 24.8. The normalized spacial score (nSPS) is 11.6. The van der Waals surface area contributed by atoms with Crippen LogP contribution in [0.4, 0.5) is 11.4 Å². The van der Waals surface area contributed by atoms with E-state index in [1.165, 1.54) is 50.3 Å². The first kappa shape index (κ1) is 34.6. The standard InChI is InChI=1S/C35H32ClN3O7S/c1-4-31(34(42)38-24-14-15-27(36)26(20-24)35(43)44)47-25-12-8-11-23(19-25)37-33(41)28(39-32(40)22-9-6-5-7-10-22)17-21-13-16-29(45-2)30(18-21)46-3/h5-20,31H,4H2,1-3H3,(H,37,41)(H,38,42)(H,39,40)(H,43,44)/b28-17+. The van der Waals surface area contributed by atoms with Crippen LogP contribution in [0, 0.1) is 0 Å². The highest BCUT2D eigenvalue weighted by atomic mass is 35.5. The van der Waals surface area contributed by atoms with E-state index < -0.39 is 23.0 Å². The van der Waals surface area contributed by atoms with E-state index in [4.69, 9.17) is 21.1 Å². The molecule has 3 amide bonds. The summed E-state index contributed by atoms with van der Waals surface area (Å²) in [4.78, 5) is 51.9. The molecule has 4 aromatic carbocycles. The van der Waals surface area contributed by atoms with Gasteiger partial charge in [0.15, 0.2) is 11.5 Å². The fourth-order valence-corrected chi connectivity index (χ4v) is 5.59. The van der Waals surface area contributed by atoms with Crippen molar-refractivity contribution in [2.24, 2.45) is 0 Å². The Morgan fingerprint density at radius 2 is 1.57 bits per heavy atom. The molecular weight excluding hydrogens is 642 g/mol. The zero-order chi connectivity index (χ0) is 33.9. The average Bonchev–Trinajstić information content (AvgIpc) is 3.07. The molecule has 10 nitrogen and oxygen atoms in total. The number of hydrogen-bond acceptors (Lipinski definition) is 7. The van der Waals surface area contributed by atoms with Crippen LogP contribution in [0.15, 0.2) is 102 Å². The molecule has 47 heavy (non-hydrogen) atoms. The van der Waals surface area contributed by atoms with Crippen molar-refractivity contribution in [2.45, 2.75) is 23.5 Å². The zero-order valence-electron chi connectivity index (χ0n) is 25.7. The van der Waals surface area contributed by atoms with Gasteiger partial charge >= 0.3 is 5.97 Å². The summed E-state index contributed by atoms with van der Waals surface area (Å²) in [5.41, 5.74) is 1.57. The van der Waals surface area contributed by atoms with Crippen LogP contribution in [-0.2, 0) is 9.59 Å². The van der Waals surface area contributed by atoms with E-state index in [9.17, 15) is 24.3 Å². The van der Waals surface area contributed by atoms with Crippen molar-refractivity contribution >= 4 is 64.5 Å². The quantitative estimate of drug-likeness (QED) is 0.0880. The van der Waals surface area contributed by atoms with Crippen LogP contribution in [0.3, 0.4) is 0 Å². The van der Waals surface area contributed by atoms with E-state index >= 15 is 0 Å². The number of methoxy groups -OCH3 is 2. The Kier molecular flexibility index (Phi) is 12.0. The average molecular weight is 674 g/mol. The Morgan fingerprint density at radius 3 is 2.26 bits per heavy atom. The lowest BCUT2D eigenvalue weighted by atomic mass is 10.1. The third-order valence-corrected chi connectivity index (χ3v) is 8.43. The molecule has 0 saturated carbocycles. The Labute approximate surface area is 281 Å². The summed E-state index contributed by atoms with van der Waals surface area (Å²) in [5.74, 6) is -1.61. The van der Waals surface area contributed by atoms with Gasteiger partial charge < -0.3 is 30.5 Å². The summed E-state index contributed by atoms with van der Waals surface area (Å²) in [6.07, 6.45) is 2.00. The molecule has 4 aromatic rings. The second-order valence-electron chi connectivity index (χ2n) is 9.98. The molecule has 0 aliphatic heterocycles. The number of carbonyl (C=O) groups is 4. The molecular formula is C35H32ClN3O7S. The van der Waals surface area contributed by atoms with Gasteiger partial charge in [0, 0.05) is 21.8 Å². The van der Waals surface area contributed by atoms with Gasteiger partial charge in [-0.15, -0.1) is 11.8 Å². The van der Waals surface area contributed by atoms with Gasteiger partial charge in [0.1, 0.15) is 5.70 Å². The first-order valence-corrected chi connectivity index (χ1v) is 15.6. The summed E-state index contributed by atoms with van der Waals surface area (Å²) >= 11 is 7.23. The highest BCUT2D eigenvalue weighted by Gasteiger charge is 2.21. The van der Waals surface area contributed by atoms with E-state index in [0.29, 0.717) is 45.3 Å². The van der Waals surface area contributed by atoms with Gasteiger partial charge in [-0.25, -0.2) is 4.79 Å². The minimum atomic E-state index is -1.20. The lowest BCUT2D eigenvalue weighted by Gasteiger charge is -2.16. The predicted molar refractivity (Wildman–Crippen MR) is 183 cm³/mol. The molecule has 0 aliphatic carbocycles. The van der Waals surface area contributed by atoms with Gasteiger partial charge in [-0.3, -0.25) is 14.4 Å². The van der Waals surface area contributed by atoms with Gasteiger partial charge in [0.05, 0.1) is 30.1 Å². The second kappa shape index (κ2) is 16.3. The number of carboxylic acids is 1. The number of carbonyl (C=O) groups excluding carboxylic acids is 3. The van der Waals surface area contributed by atoms with Crippen molar-refractivity contribution in [2.75, 3.05) is 24.9 Å². The number of carboxylic acid groups (broad SMARTS) is 1. The third-order valence-electron chi connectivity index (χ3n) is 6.75. The molecule has 0 aliphatic rings. The van der Waals surface area contributed by atoms with Crippen LogP contribution in [-0.4, -0.2) is 48.3 Å². The molecule has 0 radical (unpaired) electrons. The van der Waals surface area contributed by atoms with Crippen molar-refractivity contribution in [3.63, 3.8) is 0 Å². The van der Waals surface area contributed by atoms with Gasteiger partial charge in [0.2, 0.25) is 5.91 Å². The smallest absolute Gasteiger partial charge is 0.337 e. The molecule has 242 valence electrons. The van der Waals surface area contributed by atoms with E-state index in [1.807, 2.05) is 6.92 Å². The first-order valence-electron chi connectivity index (χ1n) is 14.3. The van der Waals surface area contributed by atoms with Crippen LogP contribution in [0.1, 0.15) is 39.6 Å². The Morgan fingerprint density at radius 1 is 0.851 bits per heavy atom. The SMILES string of the molecule is CCC(Sc1cccc(NC(=O)/C(=C\c2ccc(OC)c(OC)c2)NC(=O)c2ccccc2)c1)C(=O)Nc1ccc(Cl)c(C(=O)O)c1. The summed E-state index contributed by atoms with van der Waals surface area (Å²) in [5, 5.41) is 17.2. The molecule has 0 heterocycles. The minimum absolute atomic E-state index is 0.0152. The van der Waals surface area contributed by atoms with E-state index in [1.54, 1.807) is 72.8 Å². The van der Waals surface area contributed by atoms with Crippen molar-refractivity contribution in [3.8, 4) is 11.5 Å². The Hall–Kier alpha value is -5.26. The van der Waals surface area contributed by atoms with Crippen LogP contribution >= 0.6 is 23.4 Å². The number of ether oxygens (including phenoxy) is 2. The first-order chi connectivity index (χ1) is 22.6. The van der Waals surface area contributed by atoms with Gasteiger partial charge in [-0.2, -0.15) is 0 Å². The topological polar surface area (TPSA) is 143 Å². The Balaban J connectivity index is 1.53. The van der Waals surface area contributed by atoms with E-state index in [-0.39, 0.29) is 22.2 Å². The van der Waals surface area contributed by atoms with Crippen LogP contribution in [0.5, 0.6) is 11.5 Å². The maximum Gasteiger partial charge on any atom is 0.337 e. The summed E-state index contributed by atoms with van der Waals surface area (Å²) in [7, 11) is 3.02. The maximum absolute atomic E-state index is 13.6. The lowest BCUT2D eigenvalue weighted by molar-refractivity contribution is -0.116. The molecule has 1 atom stereocenters. The van der Waals surface area contributed by atoms with Crippen LogP contribution in [0.2, 0.25) is 5.02 Å². The number of aromatic carboxylic acids is 1. The van der Waals surface area contributed by atoms with Gasteiger partial charge in [0.25, 0.3) is 11.8 Å². The molecule has 4 rings (SSSR count). The van der Waals surface area contributed by atoms with E-state index in [0.717, 1.165) is 0 Å². The number of rotatable bonds is 13. The number of amides is 3. The molecule has 4 N–H and O–H groups in total. The van der Waals surface area contributed by atoms with Crippen molar-refractivity contribution in [1.82, 2.24) is 5.32 Å². The molecule has 0 fully saturated rings. The van der Waals surface area contributed by atoms with Crippen molar-refractivity contribution in [1.29, 1.82) is 0 Å². The van der Waals surface area contributed by atoms with Crippen molar-refractivity contribution in [3.05, 3.63) is 118 Å². The van der Waals surface area contributed by atoms with Gasteiger partial charge in [-0.1, -0.05) is 48.9 Å². The predicted octanol–water partition coefficient (Wildman–Crippen LogP) is 6.97. The molecule has 0 spiro atoms.